The van der Waals surface area contributed by atoms with Crippen LogP contribution in [0, 0.1) is 0 Å². The molecule has 3 aromatic rings. The van der Waals surface area contributed by atoms with Gasteiger partial charge in [-0.1, -0.05) is 30.3 Å². The number of nitrogens with one attached hydrogen (secondary N) is 1. The van der Waals surface area contributed by atoms with Gasteiger partial charge in [-0.05, 0) is 34.4 Å². The maximum absolute atomic E-state index is 12.1. The zero-order valence-corrected chi connectivity index (χ0v) is 14.6. The number of methoxy groups -OCH3 is 1. The molecule has 0 saturated heterocycles. The molecule has 2 aromatic carbocycles. The summed E-state index contributed by atoms with van der Waals surface area (Å²) in [5, 5.41) is 6.83. The number of carbonyl (C=O) groups is 2. The highest BCUT2D eigenvalue weighted by atomic mass is 32.2. The average Bonchev–Trinajstić information content (AvgIpc) is 3.07. The number of hydrogen-bond acceptors (Lipinski definition) is 5. The van der Waals surface area contributed by atoms with Gasteiger partial charge in [0.25, 0.3) is 0 Å². The summed E-state index contributed by atoms with van der Waals surface area (Å²) < 4.78 is 4.70. The van der Waals surface area contributed by atoms with Gasteiger partial charge in [-0.15, -0.1) is 23.1 Å². The molecular weight excluding hydrogens is 342 g/mol. The van der Waals surface area contributed by atoms with E-state index in [9.17, 15) is 9.59 Å². The summed E-state index contributed by atoms with van der Waals surface area (Å²) in [6.07, 6.45) is 0. The molecule has 3 rings (SSSR count). The number of rotatable bonds is 5. The molecule has 24 heavy (non-hydrogen) atoms. The van der Waals surface area contributed by atoms with Crippen LogP contribution in [0.4, 0.5) is 5.69 Å². The van der Waals surface area contributed by atoms with E-state index < -0.39 is 5.97 Å². The van der Waals surface area contributed by atoms with Gasteiger partial charge in [0.1, 0.15) is 4.88 Å². The van der Waals surface area contributed by atoms with Crippen molar-refractivity contribution >= 4 is 51.4 Å². The van der Waals surface area contributed by atoms with Crippen LogP contribution in [0.25, 0.3) is 10.8 Å². The van der Waals surface area contributed by atoms with Gasteiger partial charge in [0.15, 0.2) is 0 Å². The Morgan fingerprint density at radius 3 is 2.71 bits per heavy atom. The second kappa shape index (κ2) is 7.51. The maximum atomic E-state index is 12.1. The van der Waals surface area contributed by atoms with Crippen molar-refractivity contribution in [1.82, 2.24) is 0 Å². The van der Waals surface area contributed by atoms with Crippen molar-refractivity contribution < 1.29 is 14.3 Å². The normalized spacial score (nSPS) is 10.5. The van der Waals surface area contributed by atoms with Gasteiger partial charge in [-0.25, -0.2) is 4.79 Å². The van der Waals surface area contributed by atoms with E-state index in [4.69, 9.17) is 4.74 Å². The third kappa shape index (κ3) is 3.77. The van der Waals surface area contributed by atoms with Crippen molar-refractivity contribution in [3.8, 4) is 0 Å². The van der Waals surface area contributed by atoms with E-state index in [1.807, 2.05) is 30.3 Å². The van der Waals surface area contributed by atoms with Gasteiger partial charge in [0.2, 0.25) is 5.91 Å². The van der Waals surface area contributed by atoms with E-state index in [0.29, 0.717) is 10.6 Å². The molecule has 0 aliphatic rings. The van der Waals surface area contributed by atoms with Crippen LogP contribution < -0.4 is 5.32 Å². The van der Waals surface area contributed by atoms with Crippen molar-refractivity contribution in [2.75, 3.05) is 18.2 Å². The predicted molar refractivity (Wildman–Crippen MR) is 99.0 cm³/mol. The van der Waals surface area contributed by atoms with Gasteiger partial charge in [0.05, 0.1) is 18.6 Å². The molecule has 1 N–H and O–H groups in total. The Hall–Kier alpha value is -2.31. The molecule has 0 unspecified atom stereocenters. The highest BCUT2D eigenvalue weighted by molar-refractivity contribution is 8.00. The fourth-order valence-electron chi connectivity index (χ4n) is 2.25. The molecule has 0 fully saturated rings. The molecule has 122 valence electrons. The first kappa shape index (κ1) is 16.5. The van der Waals surface area contributed by atoms with Crippen LogP contribution in [0.3, 0.4) is 0 Å². The number of hydrogen-bond donors (Lipinski definition) is 1. The van der Waals surface area contributed by atoms with E-state index in [-0.39, 0.29) is 11.7 Å². The molecule has 4 nitrogen and oxygen atoms in total. The molecule has 0 bridgehead atoms. The number of benzene rings is 2. The van der Waals surface area contributed by atoms with Gasteiger partial charge >= 0.3 is 5.97 Å². The highest BCUT2D eigenvalue weighted by Gasteiger charge is 2.15. The van der Waals surface area contributed by atoms with Gasteiger partial charge in [-0.3, -0.25) is 4.79 Å². The average molecular weight is 357 g/mol. The number of anilines is 1. The summed E-state index contributed by atoms with van der Waals surface area (Å²) in [6.45, 7) is 0. The Kier molecular flexibility index (Phi) is 5.17. The lowest BCUT2D eigenvalue weighted by Gasteiger charge is -2.06. The fourth-order valence-corrected chi connectivity index (χ4v) is 3.76. The zero-order chi connectivity index (χ0) is 16.9. The van der Waals surface area contributed by atoms with E-state index in [1.54, 1.807) is 11.4 Å². The number of thiophene rings is 1. The molecule has 0 spiro atoms. The standard InChI is InChI=1S/C18H15NO3S2/c1-22-18(21)17-15(8-9-23-17)19-16(20)11-24-14-7-6-12-4-2-3-5-13(12)10-14/h2-10H,11H2,1H3,(H,19,20). The number of fused-ring (bicyclic) bond motifs is 1. The fraction of sp³-hybridized carbons (Fsp3) is 0.111. The highest BCUT2D eigenvalue weighted by Crippen LogP contribution is 2.26. The van der Waals surface area contributed by atoms with Gasteiger partial charge < -0.3 is 10.1 Å². The van der Waals surface area contributed by atoms with Crippen molar-refractivity contribution in [3.63, 3.8) is 0 Å². The molecule has 6 heteroatoms. The summed E-state index contributed by atoms with van der Waals surface area (Å²) in [5.74, 6) is -0.325. The zero-order valence-electron chi connectivity index (χ0n) is 12.9. The minimum Gasteiger partial charge on any atom is -0.465 e. The number of thioether (sulfide) groups is 1. The molecule has 1 aromatic heterocycles. The van der Waals surface area contributed by atoms with Crippen LogP contribution in [0.5, 0.6) is 0 Å². The largest absolute Gasteiger partial charge is 0.465 e. The molecule has 0 aliphatic heterocycles. The van der Waals surface area contributed by atoms with Crippen LogP contribution in [-0.4, -0.2) is 24.7 Å². The first-order chi connectivity index (χ1) is 11.7. The van der Waals surface area contributed by atoms with E-state index >= 15 is 0 Å². The number of carbonyl (C=O) groups excluding carboxylic acids is 2. The molecule has 1 amide bonds. The first-order valence-corrected chi connectivity index (χ1v) is 9.11. The Labute approximate surface area is 147 Å². The number of amides is 1. The van der Waals surface area contributed by atoms with Crippen LogP contribution in [0.2, 0.25) is 0 Å². The summed E-state index contributed by atoms with van der Waals surface area (Å²) >= 11 is 2.70. The smallest absolute Gasteiger partial charge is 0.350 e. The molecule has 0 aliphatic carbocycles. The van der Waals surface area contributed by atoms with Crippen LogP contribution in [0.15, 0.2) is 58.8 Å². The Balaban J connectivity index is 1.63. The summed E-state index contributed by atoms with van der Waals surface area (Å²) in [7, 11) is 1.32. The van der Waals surface area contributed by atoms with Crippen LogP contribution in [0.1, 0.15) is 9.67 Å². The molecule has 0 atom stereocenters. The van der Waals surface area contributed by atoms with Crippen molar-refractivity contribution in [2.45, 2.75) is 4.90 Å². The Bertz CT molecular complexity index is 889. The molecule has 0 radical (unpaired) electrons. The van der Waals surface area contributed by atoms with Crippen LogP contribution in [-0.2, 0) is 9.53 Å². The predicted octanol–water partition coefficient (Wildman–Crippen LogP) is 4.42. The lowest BCUT2D eigenvalue weighted by Crippen LogP contribution is -2.15. The molecular formula is C18H15NO3S2. The first-order valence-electron chi connectivity index (χ1n) is 7.24. The lowest BCUT2D eigenvalue weighted by molar-refractivity contribution is -0.113. The van der Waals surface area contributed by atoms with E-state index in [1.165, 1.54) is 35.6 Å². The monoisotopic (exact) mass is 357 g/mol. The van der Waals surface area contributed by atoms with Gasteiger partial charge in [0, 0.05) is 4.90 Å². The minimum atomic E-state index is -0.442. The quantitative estimate of drug-likeness (QED) is 0.542. The third-order valence-electron chi connectivity index (χ3n) is 3.40. The summed E-state index contributed by atoms with van der Waals surface area (Å²) in [4.78, 5) is 25.2. The lowest BCUT2D eigenvalue weighted by atomic mass is 10.1. The summed E-state index contributed by atoms with van der Waals surface area (Å²) in [6, 6.07) is 15.9. The second-order valence-corrected chi connectivity index (χ2v) is 6.97. The van der Waals surface area contributed by atoms with Crippen molar-refractivity contribution in [3.05, 3.63) is 58.8 Å². The molecule has 0 saturated carbocycles. The Morgan fingerprint density at radius 1 is 1.12 bits per heavy atom. The van der Waals surface area contributed by atoms with Gasteiger partial charge in [-0.2, -0.15) is 0 Å². The summed E-state index contributed by atoms with van der Waals surface area (Å²) in [5.41, 5.74) is 0.496. The third-order valence-corrected chi connectivity index (χ3v) is 5.29. The van der Waals surface area contributed by atoms with E-state index in [0.717, 1.165) is 10.3 Å². The van der Waals surface area contributed by atoms with Crippen LogP contribution >= 0.6 is 23.1 Å². The second-order valence-electron chi connectivity index (χ2n) is 5.00. The minimum absolute atomic E-state index is 0.156. The number of esters is 1. The topological polar surface area (TPSA) is 55.4 Å². The SMILES string of the molecule is COC(=O)c1sccc1NC(=O)CSc1ccc2ccccc2c1. The van der Waals surface area contributed by atoms with E-state index in [2.05, 4.69) is 17.4 Å². The maximum Gasteiger partial charge on any atom is 0.350 e. The molecule has 1 heterocycles. The number of ether oxygens (including phenoxy) is 1. The van der Waals surface area contributed by atoms with Crippen molar-refractivity contribution in [2.24, 2.45) is 0 Å². The Morgan fingerprint density at radius 2 is 1.92 bits per heavy atom. The van der Waals surface area contributed by atoms with Crippen molar-refractivity contribution in [1.29, 1.82) is 0 Å².